The normalized spacial score (nSPS) is 39.7. The Kier molecular flexibility index (Phi) is 7.11. The molecule has 4 aliphatic rings. The molecule has 0 radical (unpaired) electrons. The Hall–Kier alpha value is -2.66. The van der Waals surface area contributed by atoms with Gasteiger partial charge in [-0.2, -0.15) is 4.98 Å². The van der Waals surface area contributed by atoms with Crippen LogP contribution in [0.2, 0.25) is 0 Å². The number of nitrogens with one attached hydrogen (secondary N) is 1. The van der Waals surface area contributed by atoms with Crippen LogP contribution in [0, 0.1) is 0 Å². The molecule has 0 aromatic carbocycles. The van der Waals surface area contributed by atoms with Gasteiger partial charge >= 0.3 is 13.6 Å². The van der Waals surface area contributed by atoms with Crippen LogP contribution in [0.3, 0.4) is 0 Å². The molecule has 0 aliphatic carbocycles. The molecule has 4 aromatic heterocycles. The van der Waals surface area contributed by atoms with Gasteiger partial charge in [-0.15, -0.1) is 0 Å². The zero-order valence-electron chi connectivity index (χ0n) is 23.0. The minimum atomic E-state index is -4.37. The van der Waals surface area contributed by atoms with Crippen molar-refractivity contribution >= 4 is 72.2 Å². The lowest BCUT2D eigenvalue weighted by Crippen LogP contribution is -2.45. The number of anilines is 2. The summed E-state index contributed by atoms with van der Waals surface area (Å²) in [6, 6.07) is 0. The first-order valence-corrected chi connectivity index (χ1v) is 18.8. The maximum absolute atomic E-state index is 13.7. The predicted octanol–water partition coefficient (Wildman–Crippen LogP) is -0.0584. The van der Waals surface area contributed by atoms with E-state index in [1.165, 1.54) is 28.1 Å². The Labute approximate surface area is 266 Å². The molecule has 0 spiro atoms. The van der Waals surface area contributed by atoms with E-state index in [0.717, 1.165) is 0 Å². The number of nitrogens with two attached hydrogens (primary N) is 2. The van der Waals surface area contributed by atoms with Crippen LogP contribution in [0.1, 0.15) is 12.5 Å². The van der Waals surface area contributed by atoms with Gasteiger partial charge in [0.15, 0.2) is 35.1 Å². The molecule has 4 aromatic rings. The van der Waals surface area contributed by atoms with Crippen LogP contribution in [-0.4, -0.2) is 100 Å². The molecule has 10 atom stereocenters. The van der Waals surface area contributed by atoms with Crippen LogP contribution in [0.15, 0.2) is 23.8 Å². The molecule has 4 saturated heterocycles. The van der Waals surface area contributed by atoms with Gasteiger partial charge < -0.3 is 30.8 Å². The van der Waals surface area contributed by atoms with E-state index in [1.807, 2.05) is 0 Å². The number of imidazole rings is 2. The molecule has 4 aliphatic heterocycles. The van der Waals surface area contributed by atoms with E-state index >= 15 is 0 Å². The van der Waals surface area contributed by atoms with Crippen LogP contribution in [0.5, 0.6) is 0 Å². The Bertz CT molecular complexity index is 2030. The number of nitrogen functional groups attached to an aromatic ring is 2. The number of nitrogens with zero attached hydrogens (tertiary/aromatic N) is 7. The third-order valence-corrected chi connectivity index (χ3v) is 11.2. The van der Waals surface area contributed by atoms with Gasteiger partial charge in [0.25, 0.3) is 5.56 Å². The van der Waals surface area contributed by atoms with E-state index < -0.39 is 80.9 Å². The van der Waals surface area contributed by atoms with Crippen molar-refractivity contribution in [2.45, 2.75) is 48.6 Å². The highest BCUT2D eigenvalue weighted by atomic mass is 32.7. The number of aliphatic hydroxyl groups is 1. The number of aromatic amines is 1. The molecule has 246 valence electrons. The smallest absolute Gasteiger partial charge is 0.386 e. The number of rotatable bonds is 2. The van der Waals surface area contributed by atoms with E-state index in [0.29, 0.717) is 11.2 Å². The number of hydrogen-bond acceptors (Lipinski definition) is 18. The summed E-state index contributed by atoms with van der Waals surface area (Å²) in [5, 5.41) is 11.2. The van der Waals surface area contributed by atoms with Crippen molar-refractivity contribution < 1.29 is 46.5 Å². The lowest BCUT2D eigenvalue weighted by molar-refractivity contribution is -0.182. The summed E-state index contributed by atoms with van der Waals surface area (Å²) in [5.74, 6) is -0.0735. The average Bonchev–Trinajstić information content (AvgIpc) is 3.80. The largest absolute Gasteiger partial charge is 0.387 e. The minimum Gasteiger partial charge on any atom is -0.387 e. The summed E-state index contributed by atoms with van der Waals surface area (Å²) < 4.78 is 71.5. The van der Waals surface area contributed by atoms with Crippen molar-refractivity contribution in [3.8, 4) is 0 Å². The summed E-state index contributed by atoms with van der Waals surface area (Å²) in [6.07, 6.45) is -4.71. The lowest BCUT2D eigenvalue weighted by atomic mass is 10.0. The maximum Gasteiger partial charge on any atom is 0.386 e. The van der Waals surface area contributed by atoms with Crippen LogP contribution >= 0.6 is 38.1 Å². The van der Waals surface area contributed by atoms with Gasteiger partial charge in [0.05, 0.1) is 32.5 Å². The second-order valence-electron chi connectivity index (χ2n) is 10.9. The van der Waals surface area contributed by atoms with Crippen LogP contribution in [0.4, 0.5) is 11.8 Å². The van der Waals surface area contributed by atoms with Gasteiger partial charge in [-0.3, -0.25) is 37.0 Å². The highest BCUT2D eigenvalue weighted by Crippen LogP contribution is 2.63. The number of H-pyrrole nitrogens is 1. The van der Waals surface area contributed by atoms with Crippen LogP contribution in [-0.2, 0) is 41.4 Å². The molecule has 0 saturated carbocycles. The quantitative estimate of drug-likeness (QED) is 0.117. The van der Waals surface area contributed by atoms with Gasteiger partial charge in [-0.05, 0) is 0 Å². The molecule has 46 heavy (non-hydrogen) atoms. The number of aromatic nitrogens is 8. The molecule has 8 rings (SSSR count). The molecule has 0 amide bonds. The second-order valence-corrected chi connectivity index (χ2v) is 16.6. The standard InChI is InChI=1S/C21H24N10O11P2S2/c22-14-8-15(25-4-24-14)30(5-26-8)19-12-13-21(40-19,2-36-12)3-38-44(35,46)41-11-10(32)7(1-37-43(34,45)42-13)39-18(11)31-6-27-9-16(31)28-20(23)29-17(9)33/h4-7,10-13,18-19,32H,1-3H2,(H,34,45)(H,35,46)(H2,22,24,25)(H3,23,28,29,33)/t7-,10?,11?,12?,13?,18-,19-,21-,43?,44?/m1/s1. The molecular formula is C21H24N10O11P2S2. The Morgan fingerprint density at radius 1 is 0.957 bits per heavy atom. The summed E-state index contributed by atoms with van der Waals surface area (Å²) in [4.78, 5) is 35.3. The number of thiol groups is 2. The molecule has 8 heterocycles. The fourth-order valence-corrected chi connectivity index (χ4v) is 8.95. The molecule has 21 nitrogen and oxygen atoms in total. The zero-order valence-corrected chi connectivity index (χ0v) is 26.6. The predicted molar refractivity (Wildman–Crippen MR) is 160 cm³/mol. The van der Waals surface area contributed by atoms with Crippen LogP contribution < -0.4 is 17.0 Å². The van der Waals surface area contributed by atoms with Gasteiger partial charge in [0, 0.05) is 0 Å². The fraction of sp³-hybridized carbons (Fsp3) is 0.524. The highest BCUT2D eigenvalue weighted by molar-refractivity contribution is 8.44. The minimum absolute atomic E-state index is 0.0202. The number of fused-ring (bicyclic) bond motifs is 4. The zero-order chi connectivity index (χ0) is 32.2. The maximum atomic E-state index is 13.7. The first kappa shape index (κ1) is 30.7. The summed E-state index contributed by atoms with van der Waals surface area (Å²) in [6.45, 7) is -9.81. The Balaban J connectivity index is 1.14. The van der Waals surface area contributed by atoms with Crippen molar-refractivity contribution in [2.24, 2.45) is 0 Å². The lowest BCUT2D eigenvalue weighted by Gasteiger charge is -2.32. The summed E-state index contributed by atoms with van der Waals surface area (Å²) in [5.41, 5.74) is 10.0. The van der Waals surface area contributed by atoms with E-state index in [4.69, 9.17) is 43.8 Å². The molecule has 6 N–H and O–H groups in total. The number of hydrogen-bond donors (Lipinski definition) is 6. The summed E-state index contributed by atoms with van der Waals surface area (Å²) >= 11 is 8.33. The first-order chi connectivity index (χ1) is 21.8. The first-order valence-electron chi connectivity index (χ1n) is 13.4. The topological polar surface area (TPSA) is 278 Å². The Morgan fingerprint density at radius 3 is 2.50 bits per heavy atom. The van der Waals surface area contributed by atoms with E-state index in [2.05, 4.69) is 54.4 Å². The summed E-state index contributed by atoms with van der Waals surface area (Å²) in [7, 11) is 0. The molecule has 6 unspecified atom stereocenters. The molecule has 25 heteroatoms. The third-order valence-electron chi connectivity index (χ3n) is 8.05. The monoisotopic (exact) mass is 718 g/mol. The van der Waals surface area contributed by atoms with Crippen LogP contribution in [0.25, 0.3) is 22.3 Å². The third kappa shape index (κ3) is 4.89. The average molecular weight is 719 g/mol. The van der Waals surface area contributed by atoms with Gasteiger partial charge in [-0.1, -0.05) is 24.5 Å². The van der Waals surface area contributed by atoms with Gasteiger partial charge in [-0.25, -0.2) is 29.1 Å². The van der Waals surface area contributed by atoms with Gasteiger partial charge in [0.2, 0.25) is 5.95 Å². The van der Waals surface area contributed by atoms with Crippen molar-refractivity contribution in [3.63, 3.8) is 0 Å². The van der Waals surface area contributed by atoms with Crippen molar-refractivity contribution in [1.82, 2.24) is 39.0 Å². The molecular weight excluding hydrogens is 694 g/mol. The molecule has 4 bridgehead atoms. The van der Waals surface area contributed by atoms with Crippen molar-refractivity contribution in [3.05, 3.63) is 29.3 Å². The number of ether oxygens (including phenoxy) is 3. The number of aliphatic hydroxyl groups excluding tert-OH is 1. The van der Waals surface area contributed by atoms with E-state index in [-0.39, 0.29) is 29.5 Å². The van der Waals surface area contributed by atoms with E-state index in [1.54, 1.807) is 0 Å². The SMILES string of the molecule is Nc1nc2c(ncn2[C@@H]2O[C@@H]3COP(=O)(S)OC4C5OC[C@]4(COP(=O)(S)OC2C3O)O[C@H]5n2cnc3c(N)ncnc32)c(=O)[nH]1. The molecule has 4 fully saturated rings. The van der Waals surface area contributed by atoms with E-state index in [9.17, 15) is 19.0 Å². The van der Waals surface area contributed by atoms with Gasteiger partial charge in [0.1, 0.15) is 48.0 Å². The Morgan fingerprint density at radius 2 is 1.70 bits per heavy atom. The van der Waals surface area contributed by atoms with Crippen molar-refractivity contribution in [2.75, 3.05) is 31.3 Å². The fourth-order valence-electron chi connectivity index (χ4n) is 5.97. The second kappa shape index (κ2) is 10.7. The highest BCUT2D eigenvalue weighted by Gasteiger charge is 2.66. The van der Waals surface area contributed by atoms with Crippen molar-refractivity contribution in [1.29, 1.82) is 0 Å².